The number of Topliss-reactive ketones (excluding diaryl/α,β-unsaturated/α-hetero) is 1. The molecule has 1 fully saturated rings. The average Bonchev–Trinajstić information content (AvgIpc) is 3.34. The Hall–Kier alpha value is -3.29. The van der Waals surface area contributed by atoms with Crippen LogP contribution < -0.4 is 4.90 Å². The second-order valence-electron chi connectivity index (χ2n) is 8.97. The number of thiazole rings is 1. The van der Waals surface area contributed by atoms with Crippen LogP contribution in [0, 0.1) is 27.7 Å². The summed E-state index contributed by atoms with van der Waals surface area (Å²) in [5.41, 5.74) is 5.99. The fraction of sp³-hybridized carbons (Fsp3) is 0.179. The molecule has 0 radical (unpaired) electrons. The second-order valence-corrected chi connectivity index (χ2v) is 10.9. The van der Waals surface area contributed by atoms with Gasteiger partial charge in [-0.25, -0.2) is 4.98 Å². The van der Waals surface area contributed by atoms with Gasteiger partial charge in [0.15, 0.2) is 5.13 Å². The average molecular weight is 547 g/mol. The van der Waals surface area contributed by atoms with Crippen molar-refractivity contribution in [3.8, 4) is 0 Å². The number of aromatic nitrogens is 1. The van der Waals surface area contributed by atoms with Gasteiger partial charge in [0.05, 0.1) is 21.8 Å². The minimum absolute atomic E-state index is 0.0639. The number of ketones is 1. The highest BCUT2D eigenvalue weighted by molar-refractivity contribution is 9.10. The maximum Gasteiger partial charge on any atom is 0.301 e. The molecular weight excluding hydrogens is 524 g/mol. The molecule has 1 N–H and O–H groups in total. The third-order valence-corrected chi connectivity index (χ3v) is 7.78. The quantitative estimate of drug-likeness (QED) is 0.172. The van der Waals surface area contributed by atoms with Crippen LogP contribution >= 0.6 is 27.3 Å². The van der Waals surface area contributed by atoms with E-state index < -0.39 is 17.7 Å². The van der Waals surface area contributed by atoms with Crippen LogP contribution in [0.2, 0.25) is 0 Å². The van der Waals surface area contributed by atoms with Crippen molar-refractivity contribution in [3.05, 3.63) is 98.0 Å². The maximum absolute atomic E-state index is 13.5. The zero-order valence-corrected chi connectivity index (χ0v) is 22.1. The van der Waals surface area contributed by atoms with Gasteiger partial charge in [0, 0.05) is 10.0 Å². The number of carbonyl (C=O) groups is 2. The molecule has 35 heavy (non-hydrogen) atoms. The third-order valence-electron chi connectivity index (χ3n) is 6.28. The van der Waals surface area contributed by atoms with Gasteiger partial charge in [-0.15, -0.1) is 0 Å². The minimum atomic E-state index is -0.811. The molecule has 2 heterocycles. The van der Waals surface area contributed by atoms with Crippen LogP contribution in [0.4, 0.5) is 5.13 Å². The lowest BCUT2D eigenvalue weighted by Crippen LogP contribution is -2.29. The van der Waals surface area contributed by atoms with Crippen molar-refractivity contribution in [2.45, 2.75) is 33.7 Å². The summed E-state index contributed by atoms with van der Waals surface area (Å²) in [5, 5.41) is 11.9. The Bertz CT molecular complexity index is 1570. The number of nitrogens with zero attached hydrogens (tertiary/aromatic N) is 2. The maximum atomic E-state index is 13.5. The molecule has 0 spiro atoms. The molecule has 3 aromatic carbocycles. The zero-order chi connectivity index (χ0) is 25.0. The van der Waals surface area contributed by atoms with Gasteiger partial charge in [-0.05, 0) is 74.2 Å². The van der Waals surface area contributed by atoms with Gasteiger partial charge in [-0.3, -0.25) is 14.5 Å². The van der Waals surface area contributed by atoms with Crippen LogP contribution in [0.5, 0.6) is 0 Å². The Morgan fingerprint density at radius 3 is 2.49 bits per heavy atom. The molecular formula is C28H23BrN2O3S. The van der Waals surface area contributed by atoms with E-state index in [0.29, 0.717) is 16.3 Å². The van der Waals surface area contributed by atoms with Crippen LogP contribution in [0.3, 0.4) is 0 Å². The molecule has 1 atom stereocenters. The Balaban J connectivity index is 1.78. The first-order chi connectivity index (χ1) is 16.7. The lowest BCUT2D eigenvalue weighted by molar-refractivity contribution is -0.132. The number of anilines is 1. The fourth-order valence-electron chi connectivity index (χ4n) is 4.62. The molecule has 0 aliphatic carbocycles. The van der Waals surface area contributed by atoms with Crippen LogP contribution in [0.1, 0.15) is 39.4 Å². The highest BCUT2D eigenvalue weighted by atomic mass is 79.9. The summed E-state index contributed by atoms with van der Waals surface area (Å²) < 4.78 is 1.75. The van der Waals surface area contributed by atoms with Crippen LogP contribution in [-0.4, -0.2) is 21.8 Å². The van der Waals surface area contributed by atoms with E-state index >= 15 is 0 Å². The van der Waals surface area contributed by atoms with Gasteiger partial charge in [-0.1, -0.05) is 63.2 Å². The van der Waals surface area contributed by atoms with Crippen LogP contribution in [0.25, 0.3) is 16.0 Å². The number of halogens is 1. The molecule has 7 heteroatoms. The number of amides is 1. The lowest BCUT2D eigenvalue weighted by atomic mass is 9.93. The first kappa shape index (κ1) is 23.5. The summed E-state index contributed by atoms with van der Waals surface area (Å²) in [5.74, 6) is -1.60. The first-order valence-corrected chi connectivity index (χ1v) is 12.8. The molecule has 1 aliphatic heterocycles. The first-order valence-electron chi connectivity index (χ1n) is 11.2. The van der Waals surface area contributed by atoms with Crippen molar-refractivity contribution in [3.63, 3.8) is 0 Å². The fourth-order valence-corrected chi connectivity index (χ4v) is 6.21. The molecule has 1 amide bonds. The summed E-state index contributed by atoms with van der Waals surface area (Å²) in [6.45, 7) is 7.80. The number of carbonyl (C=O) groups excluding carboxylic acids is 2. The topological polar surface area (TPSA) is 70.5 Å². The summed E-state index contributed by atoms with van der Waals surface area (Å²) in [7, 11) is 0. The van der Waals surface area contributed by atoms with Crippen molar-refractivity contribution < 1.29 is 14.7 Å². The van der Waals surface area contributed by atoms with E-state index in [2.05, 4.69) is 15.9 Å². The predicted molar refractivity (Wildman–Crippen MR) is 144 cm³/mol. The summed E-state index contributed by atoms with van der Waals surface area (Å²) in [6.07, 6.45) is 0. The number of benzene rings is 3. The standard InChI is InChI=1S/C28H23BrN2O3S/c1-14-8-9-16(3)20(11-14)25(32)22-24(18-6-5-7-19(29)13-18)31(27(34)26(22)33)28-30-23-17(4)10-15(2)12-21(23)35-28/h5-13,24,32H,1-4H3/b25-22+. The number of hydrogen-bond donors (Lipinski definition) is 1. The van der Waals surface area contributed by atoms with E-state index in [9.17, 15) is 14.7 Å². The molecule has 1 aromatic heterocycles. The molecule has 1 unspecified atom stereocenters. The van der Waals surface area contributed by atoms with Gasteiger partial charge in [0.25, 0.3) is 5.78 Å². The highest BCUT2D eigenvalue weighted by Gasteiger charge is 2.48. The molecule has 176 valence electrons. The summed E-state index contributed by atoms with van der Waals surface area (Å²) >= 11 is 4.88. The molecule has 1 saturated heterocycles. The Morgan fingerprint density at radius 2 is 1.74 bits per heavy atom. The normalized spacial score (nSPS) is 17.5. The smallest absolute Gasteiger partial charge is 0.301 e. The SMILES string of the molecule is Cc1ccc(C)c(/C(O)=C2\C(=O)C(=O)N(c3nc4c(C)cc(C)cc4s3)C2c2cccc(Br)c2)c1. The number of aliphatic hydroxyl groups is 1. The van der Waals surface area contributed by atoms with E-state index in [4.69, 9.17) is 4.98 Å². The zero-order valence-electron chi connectivity index (χ0n) is 19.7. The van der Waals surface area contributed by atoms with Crippen molar-refractivity contribution in [2.75, 3.05) is 4.90 Å². The van der Waals surface area contributed by atoms with E-state index in [0.717, 1.165) is 36.9 Å². The lowest BCUT2D eigenvalue weighted by Gasteiger charge is -2.23. The minimum Gasteiger partial charge on any atom is -0.507 e. The Kier molecular flexibility index (Phi) is 5.85. The molecule has 1 aliphatic rings. The summed E-state index contributed by atoms with van der Waals surface area (Å²) in [6, 6.07) is 16.4. The molecule has 5 rings (SSSR count). The van der Waals surface area contributed by atoms with E-state index in [-0.39, 0.29) is 11.3 Å². The molecule has 4 aromatic rings. The number of fused-ring (bicyclic) bond motifs is 1. The van der Waals surface area contributed by atoms with E-state index in [1.807, 2.05) is 82.3 Å². The van der Waals surface area contributed by atoms with Gasteiger partial charge in [0.1, 0.15) is 5.76 Å². The van der Waals surface area contributed by atoms with Crippen molar-refractivity contribution in [1.82, 2.24) is 4.98 Å². The predicted octanol–water partition coefficient (Wildman–Crippen LogP) is 6.92. The van der Waals surface area contributed by atoms with Gasteiger partial charge >= 0.3 is 5.91 Å². The third kappa shape index (κ3) is 3.98. The van der Waals surface area contributed by atoms with Crippen LogP contribution in [-0.2, 0) is 9.59 Å². The summed E-state index contributed by atoms with van der Waals surface area (Å²) in [4.78, 5) is 33.2. The number of rotatable bonds is 3. The van der Waals surface area contributed by atoms with E-state index in [1.54, 1.807) is 0 Å². The van der Waals surface area contributed by atoms with Gasteiger partial charge in [-0.2, -0.15) is 0 Å². The Labute approximate surface area is 215 Å². The molecule has 0 bridgehead atoms. The van der Waals surface area contributed by atoms with E-state index in [1.165, 1.54) is 16.2 Å². The van der Waals surface area contributed by atoms with Crippen molar-refractivity contribution in [1.29, 1.82) is 0 Å². The van der Waals surface area contributed by atoms with Gasteiger partial charge < -0.3 is 5.11 Å². The second kappa shape index (κ2) is 8.73. The number of hydrogen-bond acceptors (Lipinski definition) is 5. The molecule has 0 saturated carbocycles. The number of aliphatic hydroxyl groups excluding tert-OH is 1. The largest absolute Gasteiger partial charge is 0.507 e. The highest BCUT2D eigenvalue weighted by Crippen LogP contribution is 2.45. The van der Waals surface area contributed by atoms with Crippen molar-refractivity contribution >= 4 is 60.1 Å². The monoisotopic (exact) mass is 546 g/mol. The number of aryl methyl sites for hydroxylation is 4. The van der Waals surface area contributed by atoms with Crippen molar-refractivity contribution in [2.24, 2.45) is 0 Å². The van der Waals surface area contributed by atoms with Crippen LogP contribution in [0.15, 0.2) is 64.6 Å². The molecule has 5 nitrogen and oxygen atoms in total. The Morgan fingerprint density at radius 1 is 0.971 bits per heavy atom. The van der Waals surface area contributed by atoms with Gasteiger partial charge in [0.2, 0.25) is 0 Å².